The summed E-state index contributed by atoms with van der Waals surface area (Å²) in [6.45, 7) is 2.20. The van der Waals surface area contributed by atoms with Gasteiger partial charge in [-0.05, 0) is 54.7 Å². The first kappa shape index (κ1) is 19.2. The van der Waals surface area contributed by atoms with Crippen molar-refractivity contribution in [2.24, 2.45) is 11.1 Å². The van der Waals surface area contributed by atoms with Crippen molar-refractivity contribution < 1.29 is 0 Å². The molecule has 1 aliphatic carbocycles. The van der Waals surface area contributed by atoms with E-state index >= 15 is 0 Å². The molecule has 0 heterocycles. The zero-order valence-electron chi connectivity index (χ0n) is 16.2. The summed E-state index contributed by atoms with van der Waals surface area (Å²) in [5.74, 6) is 0.670. The van der Waals surface area contributed by atoms with Crippen LogP contribution >= 0.6 is 0 Å². The molecule has 2 aromatic rings. The van der Waals surface area contributed by atoms with Crippen LogP contribution in [-0.2, 0) is 0 Å². The highest BCUT2D eigenvalue weighted by atomic mass is 14.7. The van der Waals surface area contributed by atoms with Crippen LogP contribution in [0, 0.1) is 22.2 Å². The molecule has 0 unspecified atom stereocenters. The van der Waals surface area contributed by atoms with Crippen molar-refractivity contribution in [2.75, 3.05) is 0 Å². The van der Waals surface area contributed by atoms with Crippen LogP contribution in [0.1, 0.15) is 68.9 Å². The van der Waals surface area contributed by atoms with Gasteiger partial charge in [0.05, 0.1) is 11.5 Å². The van der Waals surface area contributed by atoms with Crippen molar-refractivity contribution in [3.05, 3.63) is 59.7 Å². The zero-order valence-corrected chi connectivity index (χ0v) is 16.2. The lowest BCUT2D eigenvalue weighted by Crippen LogP contribution is -2.25. The maximum absolute atomic E-state index is 9.67. The Kier molecular flexibility index (Phi) is 5.96. The molecule has 0 aromatic heterocycles. The summed E-state index contributed by atoms with van der Waals surface area (Å²) in [4.78, 5) is 0. The normalized spacial score (nSPS) is 22.1. The van der Waals surface area contributed by atoms with Crippen molar-refractivity contribution in [1.82, 2.24) is 0 Å². The van der Waals surface area contributed by atoms with E-state index in [1.807, 2.05) is 24.3 Å². The van der Waals surface area contributed by atoms with Crippen molar-refractivity contribution in [3.8, 4) is 17.2 Å². The van der Waals surface area contributed by atoms with E-state index in [1.165, 1.54) is 17.5 Å². The Labute approximate surface area is 162 Å². The minimum absolute atomic E-state index is 0.0785. The largest absolute Gasteiger partial charge is 0.384 e. The highest BCUT2D eigenvalue weighted by molar-refractivity contribution is 5.95. The lowest BCUT2D eigenvalue weighted by Gasteiger charge is -2.35. The number of nitrogens with two attached hydrogens (primary N) is 1. The molecule has 0 saturated heterocycles. The van der Waals surface area contributed by atoms with E-state index < -0.39 is 0 Å². The van der Waals surface area contributed by atoms with Crippen molar-refractivity contribution >= 4 is 5.84 Å². The Bertz CT molecular complexity index is 804. The van der Waals surface area contributed by atoms with Gasteiger partial charge >= 0.3 is 0 Å². The lowest BCUT2D eigenvalue weighted by molar-refractivity contribution is 0.224. The second-order valence-electron chi connectivity index (χ2n) is 7.88. The minimum atomic E-state index is -0.0785. The van der Waals surface area contributed by atoms with Gasteiger partial charge in [-0.2, -0.15) is 5.26 Å². The van der Waals surface area contributed by atoms with E-state index in [2.05, 4.69) is 37.3 Å². The molecule has 140 valence electrons. The first-order valence-corrected chi connectivity index (χ1v) is 10.0. The molecule has 0 bridgehead atoms. The summed E-state index contributed by atoms with van der Waals surface area (Å²) in [6, 6.07) is 19.3. The zero-order chi connectivity index (χ0) is 19.3. The minimum Gasteiger partial charge on any atom is -0.384 e. The molecule has 0 atom stereocenters. The Morgan fingerprint density at radius 1 is 1.07 bits per heavy atom. The van der Waals surface area contributed by atoms with E-state index in [9.17, 15) is 5.26 Å². The summed E-state index contributed by atoms with van der Waals surface area (Å²) in [5.41, 5.74) is 9.90. The summed E-state index contributed by atoms with van der Waals surface area (Å²) < 4.78 is 0. The van der Waals surface area contributed by atoms with Crippen molar-refractivity contribution in [1.29, 1.82) is 10.7 Å². The van der Waals surface area contributed by atoms with Gasteiger partial charge in [0.15, 0.2) is 0 Å². The number of benzene rings is 2. The third-order valence-electron chi connectivity index (χ3n) is 6.10. The summed E-state index contributed by atoms with van der Waals surface area (Å²) in [7, 11) is 0. The van der Waals surface area contributed by atoms with Crippen LogP contribution in [0.4, 0.5) is 0 Å². The number of nitrogens with zero attached hydrogens (tertiary/aromatic N) is 1. The fraction of sp³-hybridized carbons (Fsp3) is 0.417. The van der Waals surface area contributed by atoms with Crippen LogP contribution in [0.2, 0.25) is 0 Å². The fourth-order valence-electron chi connectivity index (χ4n) is 4.23. The predicted octanol–water partition coefficient (Wildman–Crippen LogP) is 6.00. The van der Waals surface area contributed by atoms with Gasteiger partial charge in [-0.25, -0.2) is 0 Å². The molecule has 0 amide bonds. The number of nitrogen functional groups attached to an aromatic ring is 1. The van der Waals surface area contributed by atoms with Crippen LogP contribution in [0.3, 0.4) is 0 Å². The first-order chi connectivity index (χ1) is 13.1. The molecule has 1 saturated carbocycles. The summed E-state index contributed by atoms with van der Waals surface area (Å²) in [5, 5.41) is 17.2. The van der Waals surface area contributed by atoms with Gasteiger partial charge in [0.1, 0.15) is 5.84 Å². The van der Waals surface area contributed by atoms with Crippen LogP contribution in [0.15, 0.2) is 48.5 Å². The third-order valence-corrected chi connectivity index (χ3v) is 6.10. The number of unbranched alkanes of at least 4 members (excludes halogenated alkanes) is 1. The summed E-state index contributed by atoms with van der Waals surface area (Å²) in [6.07, 6.45) is 7.68. The van der Waals surface area contributed by atoms with Gasteiger partial charge in [-0.3, -0.25) is 5.41 Å². The van der Waals surface area contributed by atoms with E-state index in [-0.39, 0.29) is 11.3 Å². The summed E-state index contributed by atoms with van der Waals surface area (Å²) >= 11 is 0. The highest BCUT2D eigenvalue weighted by Crippen LogP contribution is 2.45. The standard InChI is InChI=1S/C24H29N3/c1-2-3-14-24(17-25)15-12-21(13-16-24)20-6-4-18(5-7-20)19-8-10-22(11-9-19)23(26)27/h4-11,21H,2-3,12-16H2,1H3,(H3,26,27). The maximum atomic E-state index is 9.67. The number of rotatable bonds is 6. The Morgan fingerprint density at radius 3 is 2.11 bits per heavy atom. The predicted molar refractivity (Wildman–Crippen MR) is 112 cm³/mol. The molecule has 3 nitrogen and oxygen atoms in total. The van der Waals surface area contributed by atoms with E-state index in [1.54, 1.807) is 0 Å². The molecule has 27 heavy (non-hydrogen) atoms. The van der Waals surface area contributed by atoms with E-state index in [0.29, 0.717) is 5.92 Å². The van der Waals surface area contributed by atoms with E-state index in [4.69, 9.17) is 11.1 Å². The average molecular weight is 360 g/mol. The van der Waals surface area contributed by atoms with Crippen LogP contribution in [0.25, 0.3) is 11.1 Å². The first-order valence-electron chi connectivity index (χ1n) is 10.0. The Balaban J connectivity index is 1.66. The molecule has 2 aromatic carbocycles. The fourth-order valence-corrected chi connectivity index (χ4v) is 4.23. The van der Waals surface area contributed by atoms with E-state index in [0.717, 1.165) is 49.7 Å². The monoisotopic (exact) mass is 359 g/mol. The number of hydrogen-bond acceptors (Lipinski definition) is 2. The highest BCUT2D eigenvalue weighted by Gasteiger charge is 2.35. The third kappa shape index (κ3) is 4.39. The quantitative estimate of drug-likeness (QED) is 0.490. The second-order valence-corrected chi connectivity index (χ2v) is 7.88. The molecule has 3 N–H and O–H groups in total. The molecule has 1 aliphatic rings. The maximum Gasteiger partial charge on any atom is 0.122 e. The SMILES string of the molecule is CCCCC1(C#N)CCC(c2ccc(-c3ccc(C(=N)N)cc3)cc2)CC1. The molecule has 3 heteroatoms. The van der Waals surface area contributed by atoms with Crippen molar-refractivity contribution in [3.63, 3.8) is 0 Å². The topological polar surface area (TPSA) is 73.7 Å². The van der Waals surface area contributed by atoms with Crippen LogP contribution < -0.4 is 5.73 Å². The van der Waals surface area contributed by atoms with Gasteiger partial charge in [0.25, 0.3) is 0 Å². The smallest absolute Gasteiger partial charge is 0.122 e. The number of amidine groups is 1. The molecule has 1 fully saturated rings. The molecule has 0 spiro atoms. The van der Waals surface area contributed by atoms with Gasteiger partial charge < -0.3 is 5.73 Å². The molecular weight excluding hydrogens is 330 g/mol. The van der Waals surface area contributed by atoms with Crippen LogP contribution in [-0.4, -0.2) is 5.84 Å². The van der Waals surface area contributed by atoms with Gasteiger partial charge in [-0.15, -0.1) is 0 Å². The average Bonchev–Trinajstić information content (AvgIpc) is 2.73. The molecule has 0 aliphatic heterocycles. The molecular formula is C24H29N3. The second kappa shape index (κ2) is 8.39. The van der Waals surface area contributed by atoms with Crippen molar-refractivity contribution in [2.45, 2.75) is 57.8 Å². The Morgan fingerprint density at radius 2 is 1.63 bits per heavy atom. The van der Waals surface area contributed by atoms with Crippen LogP contribution in [0.5, 0.6) is 0 Å². The van der Waals surface area contributed by atoms with Gasteiger partial charge in [-0.1, -0.05) is 68.3 Å². The number of nitriles is 1. The molecule has 3 rings (SSSR count). The molecule has 0 radical (unpaired) electrons. The lowest BCUT2D eigenvalue weighted by atomic mass is 9.67. The Hall–Kier alpha value is -2.60. The van der Waals surface area contributed by atoms with Gasteiger partial charge in [0, 0.05) is 5.56 Å². The number of hydrogen-bond donors (Lipinski definition) is 2. The number of nitrogens with one attached hydrogen (secondary N) is 1. The van der Waals surface area contributed by atoms with Gasteiger partial charge in [0.2, 0.25) is 0 Å².